The molecule has 1 fully saturated rings. The van der Waals surface area contributed by atoms with Gasteiger partial charge >= 0.3 is 0 Å². The molecule has 0 atom stereocenters. The van der Waals surface area contributed by atoms with Crippen molar-refractivity contribution in [2.75, 3.05) is 13.1 Å². The third-order valence-electron chi connectivity index (χ3n) is 4.01. The number of hydrogen-bond acceptors (Lipinski definition) is 3. The highest BCUT2D eigenvalue weighted by atomic mass is 19.1. The van der Waals surface area contributed by atoms with Crippen LogP contribution < -0.4 is 10.1 Å². The maximum Gasteiger partial charge on any atom is 0.191 e. The van der Waals surface area contributed by atoms with E-state index in [1.54, 1.807) is 12.4 Å². The monoisotopic (exact) mass is 304 g/mol. The van der Waals surface area contributed by atoms with Gasteiger partial charge in [-0.05, 0) is 55.6 Å². The summed E-state index contributed by atoms with van der Waals surface area (Å²) in [5, 5.41) is 3.33. The molecule has 5 heteroatoms. The SMILES string of the molecule is Fc1cccc(F)c1OCc1cnccc1C1CCNCC1. The zero-order chi connectivity index (χ0) is 15.4. The fourth-order valence-corrected chi connectivity index (χ4v) is 2.86. The summed E-state index contributed by atoms with van der Waals surface area (Å²) < 4.78 is 32.6. The van der Waals surface area contributed by atoms with Gasteiger partial charge in [0, 0.05) is 18.0 Å². The highest BCUT2D eigenvalue weighted by Gasteiger charge is 2.19. The van der Waals surface area contributed by atoms with Gasteiger partial charge in [-0.2, -0.15) is 0 Å². The smallest absolute Gasteiger partial charge is 0.191 e. The van der Waals surface area contributed by atoms with E-state index in [1.807, 2.05) is 6.07 Å². The minimum absolute atomic E-state index is 0.116. The zero-order valence-corrected chi connectivity index (χ0v) is 12.2. The predicted molar refractivity (Wildman–Crippen MR) is 79.8 cm³/mol. The topological polar surface area (TPSA) is 34.1 Å². The molecule has 3 rings (SSSR count). The van der Waals surface area contributed by atoms with Gasteiger partial charge in [0.15, 0.2) is 17.4 Å². The molecule has 1 aliphatic rings. The van der Waals surface area contributed by atoms with Crippen LogP contribution >= 0.6 is 0 Å². The van der Waals surface area contributed by atoms with Crippen LogP contribution in [-0.4, -0.2) is 18.1 Å². The molecular weight excluding hydrogens is 286 g/mol. The molecule has 22 heavy (non-hydrogen) atoms. The van der Waals surface area contributed by atoms with Gasteiger partial charge in [-0.1, -0.05) is 6.07 Å². The van der Waals surface area contributed by atoms with Crippen LogP contribution in [0.15, 0.2) is 36.7 Å². The molecule has 1 N–H and O–H groups in total. The van der Waals surface area contributed by atoms with E-state index >= 15 is 0 Å². The molecule has 1 saturated heterocycles. The van der Waals surface area contributed by atoms with E-state index in [-0.39, 0.29) is 12.4 Å². The van der Waals surface area contributed by atoms with Gasteiger partial charge in [-0.25, -0.2) is 8.78 Å². The average molecular weight is 304 g/mol. The molecule has 0 saturated carbocycles. The summed E-state index contributed by atoms with van der Waals surface area (Å²) in [5.41, 5.74) is 2.05. The summed E-state index contributed by atoms with van der Waals surface area (Å²) >= 11 is 0. The number of nitrogens with zero attached hydrogens (tertiary/aromatic N) is 1. The van der Waals surface area contributed by atoms with E-state index in [1.165, 1.54) is 18.2 Å². The number of ether oxygens (including phenoxy) is 1. The van der Waals surface area contributed by atoms with Crippen molar-refractivity contribution in [2.45, 2.75) is 25.4 Å². The zero-order valence-electron chi connectivity index (χ0n) is 12.2. The van der Waals surface area contributed by atoms with Crippen LogP contribution in [0.2, 0.25) is 0 Å². The van der Waals surface area contributed by atoms with Gasteiger partial charge in [-0.15, -0.1) is 0 Å². The van der Waals surface area contributed by atoms with Crippen molar-refractivity contribution in [3.63, 3.8) is 0 Å². The van der Waals surface area contributed by atoms with E-state index in [2.05, 4.69) is 10.3 Å². The number of rotatable bonds is 4. The summed E-state index contributed by atoms with van der Waals surface area (Å²) in [6.45, 7) is 2.08. The Balaban J connectivity index is 1.78. The Hall–Kier alpha value is -2.01. The van der Waals surface area contributed by atoms with E-state index < -0.39 is 11.6 Å². The molecule has 1 aromatic carbocycles. The Morgan fingerprint density at radius 3 is 2.59 bits per heavy atom. The molecule has 0 spiro atoms. The number of piperidine rings is 1. The van der Waals surface area contributed by atoms with Gasteiger partial charge < -0.3 is 10.1 Å². The lowest BCUT2D eigenvalue weighted by atomic mass is 9.88. The molecule has 3 nitrogen and oxygen atoms in total. The van der Waals surface area contributed by atoms with Gasteiger partial charge in [0.1, 0.15) is 6.61 Å². The van der Waals surface area contributed by atoms with Crippen LogP contribution in [0.25, 0.3) is 0 Å². The molecule has 2 aromatic rings. The summed E-state index contributed by atoms with van der Waals surface area (Å²) in [7, 11) is 0. The Kier molecular flexibility index (Phi) is 4.63. The molecular formula is C17H18F2N2O. The number of benzene rings is 1. The summed E-state index contributed by atoms with van der Waals surface area (Å²) in [4.78, 5) is 4.11. The van der Waals surface area contributed by atoms with Crippen LogP contribution in [0.1, 0.15) is 29.9 Å². The molecule has 0 bridgehead atoms. The first kappa shape index (κ1) is 14.9. The van der Waals surface area contributed by atoms with E-state index in [9.17, 15) is 8.78 Å². The fraction of sp³-hybridized carbons (Fsp3) is 0.353. The molecule has 116 valence electrons. The molecule has 0 radical (unpaired) electrons. The highest BCUT2D eigenvalue weighted by Crippen LogP contribution is 2.29. The second-order valence-electron chi connectivity index (χ2n) is 5.44. The number of para-hydroxylation sites is 1. The number of aromatic nitrogens is 1. The van der Waals surface area contributed by atoms with Gasteiger partial charge in [0.25, 0.3) is 0 Å². The molecule has 0 unspecified atom stereocenters. The molecule has 2 heterocycles. The van der Waals surface area contributed by atoms with Crippen molar-refractivity contribution in [3.05, 3.63) is 59.4 Å². The fourth-order valence-electron chi connectivity index (χ4n) is 2.86. The van der Waals surface area contributed by atoms with E-state index in [0.717, 1.165) is 37.1 Å². The third-order valence-corrected chi connectivity index (χ3v) is 4.01. The lowest BCUT2D eigenvalue weighted by Gasteiger charge is -2.25. The van der Waals surface area contributed by atoms with Crippen molar-refractivity contribution < 1.29 is 13.5 Å². The maximum absolute atomic E-state index is 13.6. The van der Waals surface area contributed by atoms with Crippen LogP contribution in [0.5, 0.6) is 5.75 Å². The molecule has 0 amide bonds. The van der Waals surface area contributed by atoms with Crippen molar-refractivity contribution in [1.29, 1.82) is 0 Å². The van der Waals surface area contributed by atoms with Gasteiger partial charge in [-0.3, -0.25) is 4.98 Å². The van der Waals surface area contributed by atoms with Crippen LogP contribution in [0.4, 0.5) is 8.78 Å². The van der Waals surface area contributed by atoms with Gasteiger partial charge in [0.05, 0.1) is 0 Å². The Morgan fingerprint density at radius 2 is 1.86 bits per heavy atom. The Labute approximate surface area is 128 Å². The normalized spacial score (nSPS) is 15.7. The Bertz CT molecular complexity index is 622. The predicted octanol–water partition coefficient (Wildman–Crippen LogP) is 3.41. The van der Waals surface area contributed by atoms with Crippen LogP contribution in [-0.2, 0) is 6.61 Å². The second-order valence-corrected chi connectivity index (χ2v) is 5.44. The van der Waals surface area contributed by atoms with E-state index in [4.69, 9.17) is 4.74 Å². The molecule has 0 aliphatic carbocycles. The van der Waals surface area contributed by atoms with E-state index in [0.29, 0.717) is 5.92 Å². The summed E-state index contributed by atoms with van der Waals surface area (Å²) in [6, 6.07) is 5.68. The van der Waals surface area contributed by atoms with Crippen molar-refractivity contribution >= 4 is 0 Å². The first-order chi connectivity index (χ1) is 10.8. The quantitative estimate of drug-likeness (QED) is 0.940. The van der Waals surface area contributed by atoms with Crippen molar-refractivity contribution in [3.8, 4) is 5.75 Å². The third kappa shape index (κ3) is 3.25. The van der Waals surface area contributed by atoms with Crippen molar-refractivity contribution in [1.82, 2.24) is 10.3 Å². The Morgan fingerprint density at radius 1 is 1.14 bits per heavy atom. The van der Waals surface area contributed by atoms with Gasteiger partial charge in [0.2, 0.25) is 0 Å². The molecule has 1 aromatic heterocycles. The van der Waals surface area contributed by atoms with Crippen LogP contribution in [0.3, 0.4) is 0 Å². The summed E-state index contributed by atoms with van der Waals surface area (Å²) in [6.07, 6.45) is 5.57. The highest BCUT2D eigenvalue weighted by molar-refractivity contribution is 5.30. The van der Waals surface area contributed by atoms with Crippen LogP contribution in [0, 0.1) is 11.6 Å². The molecule has 1 aliphatic heterocycles. The van der Waals surface area contributed by atoms with Crippen molar-refractivity contribution in [2.24, 2.45) is 0 Å². The minimum atomic E-state index is -0.688. The number of nitrogens with one attached hydrogen (secondary N) is 1. The lowest BCUT2D eigenvalue weighted by molar-refractivity contribution is 0.271. The minimum Gasteiger partial charge on any atom is -0.483 e. The first-order valence-electron chi connectivity index (χ1n) is 7.46. The second kappa shape index (κ2) is 6.83. The number of halogens is 2. The standard InChI is InChI=1S/C17H18F2N2O/c18-15-2-1-3-16(19)17(15)22-11-13-10-21-9-6-14(13)12-4-7-20-8-5-12/h1-3,6,9-10,12,20H,4-5,7-8,11H2. The average Bonchev–Trinajstić information content (AvgIpc) is 2.56. The first-order valence-corrected chi connectivity index (χ1v) is 7.46. The number of hydrogen-bond donors (Lipinski definition) is 1. The maximum atomic E-state index is 13.6. The summed E-state index contributed by atoms with van der Waals surface area (Å²) in [5.74, 6) is -1.27. The largest absolute Gasteiger partial charge is 0.483 e. The number of pyridine rings is 1. The lowest BCUT2D eigenvalue weighted by Crippen LogP contribution is -2.27.